The normalized spacial score (nSPS) is 9.47. The molecule has 0 saturated heterocycles. The molecule has 9 heteroatoms. The van der Waals surface area contributed by atoms with Crippen LogP contribution in [-0.2, 0) is 0 Å². The van der Waals surface area contributed by atoms with Crippen LogP contribution in [0.25, 0.3) is 0 Å². The lowest BCUT2D eigenvalue weighted by atomic mass is 10.1. The summed E-state index contributed by atoms with van der Waals surface area (Å²) >= 11 is 0. The number of hydrogen-bond acceptors (Lipinski definition) is 5. The summed E-state index contributed by atoms with van der Waals surface area (Å²) in [5.41, 5.74) is 0.942. The molecule has 0 atom stereocenters. The Morgan fingerprint density at radius 3 is 2.53 bits per heavy atom. The maximum atomic E-state index is 11.2. The van der Waals surface area contributed by atoms with Gasteiger partial charge in [0.1, 0.15) is 5.56 Å². The van der Waals surface area contributed by atoms with Gasteiger partial charge in [0.2, 0.25) is 0 Å². The van der Waals surface area contributed by atoms with Crippen LogP contribution in [0.1, 0.15) is 10.4 Å². The minimum absolute atomic E-state index is 0.0160. The topological polar surface area (TPSA) is 148 Å². The van der Waals surface area contributed by atoms with E-state index in [0.717, 1.165) is 12.1 Å². The zero-order valence-electron chi connectivity index (χ0n) is 8.34. The van der Waals surface area contributed by atoms with E-state index in [2.05, 4.69) is 0 Å². The highest BCUT2D eigenvalue weighted by atomic mass is 16.6. The first-order valence-electron chi connectivity index (χ1n) is 4.25. The number of nitro benzene ring substituents is 1. The molecule has 90 valence electrons. The molecule has 17 heavy (non-hydrogen) atoms. The van der Waals surface area contributed by atoms with Crippen molar-refractivity contribution in [3.05, 3.63) is 33.9 Å². The van der Waals surface area contributed by atoms with Crippen LogP contribution < -0.4 is 16.6 Å². The SMILES string of the molecule is NNC(=O)c1ccc(NC(=O)O)cc1[N+](=O)[O-]. The first-order chi connectivity index (χ1) is 7.95. The highest BCUT2D eigenvalue weighted by Gasteiger charge is 2.20. The molecule has 0 aliphatic heterocycles. The molecular formula is C8H8N4O5. The van der Waals surface area contributed by atoms with E-state index in [1.54, 1.807) is 5.43 Å². The number of hydrazine groups is 1. The van der Waals surface area contributed by atoms with Gasteiger partial charge >= 0.3 is 6.09 Å². The third-order valence-corrected chi connectivity index (χ3v) is 1.82. The van der Waals surface area contributed by atoms with Crippen molar-refractivity contribution in [3.8, 4) is 0 Å². The summed E-state index contributed by atoms with van der Waals surface area (Å²) in [6.45, 7) is 0. The Kier molecular flexibility index (Phi) is 3.57. The van der Waals surface area contributed by atoms with Gasteiger partial charge in [0.25, 0.3) is 11.6 Å². The number of nitrogen functional groups attached to an aromatic ring is 1. The molecule has 1 aromatic carbocycles. The van der Waals surface area contributed by atoms with Crippen molar-refractivity contribution < 1.29 is 19.6 Å². The Balaban J connectivity index is 3.22. The maximum Gasteiger partial charge on any atom is 0.409 e. The Labute approximate surface area is 94.3 Å². The smallest absolute Gasteiger partial charge is 0.409 e. The highest BCUT2D eigenvalue weighted by molar-refractivity contribution is 5.98. The third kappa shape index (κ3) is 2.89. The van der Waals surface area contributed by atoms with Gasteiger partial charge < -0.3 is 5.11 Å². The van der Waals surface area contributed by atoms with Crippen molar-refractivity contribution in [1.82, 2.24) is 5.43 Å². The van der Waals surface area contributed by atoms with Gasteiger partial charge in [-0.15, -0.1) is 0 Å². The highest BCUT2D eigenvalue weighted by Crippen LogP contribution is 2.23. The van der Waals surface area contributed by atoms with Gasteiger partial charge in [0.05, 0.1) is 10.6 Å². The predicted octanol–water partition coefficient (Wildman–Crippen LogP) is 0.288. The number of nitrogens with two attached hydrogens (primary N) is 1. The van der Waals surface area contributed by atoms with Crippen LogP contribution in [0.5, 0.6) is 0 Å². The largest absolute Gasteiger partial charge is 0.465 e. The van der Waals surface area contributed by atoms with Crippen molar-refractivity contribution in [2.75, 3.05) is 5.32 Å². The average Bonchev–Trinajstić information content (AvgIpc) is 2.27. The summed E-state index contributed by atoms with van der Waals surface area (Å²) in [7, 11) is 0. The Morgan fingerprint density at radius 2 is 2.06 bits per heavy atom. The van der Waals surface area contributed by atoms with Gasteiger partial charge in [-0.3, -0.25) is 25.7 Å². The first-order valence-corrected chi connectivity index (χ1v) is 4.25. The molecule has 0 aliphatic carbocycles. The number of nitrogens with one attached hydrogen (secondary N) is 2. The van der Waals surface area contributed by atoms with Gasteiger partial charge in [-0.25, -0.2) is 10.6 Å². The molecule has 5 N–H and O–H groups in total. The Hall–Kier alpha value is -2.68. The predicted molar refractivity (Wildman–Crippen MR) is 56.4 cm³/mol. The molecule has 0 heterocycles. The molecular weight excluding hydrogens is 232 g/mol. The summed E-state index contributed by atoms with van der Waals surface area (Å²) in [5.74, 6) is 4.03. The van der Waals surface area contributed by atoms with Crippen LogP contribution in [-0.4, -0.2) is 22.0 Å². The third-order valence-electron chi connectivity index (χ3n) is 1.82. The number of carboxylic acid groups (broad SMARTS) is 1. The van der Waals surface area contributed by atoms with Crippen LogP contribution in [0.15, 0.2) is 18.2 Å². The van der Waals surface area contributed by atoms with Crippen molar-refractivity contribution in [3.63, 3.8) is 0 Å². The molecule has 0 fully saturated rings. The zero-order chi connectivity index (χ0) is 13.0. The molecule has 2 amide bonds. The monoisotopic (exact) mass is 240 g/mol. The number of carbonyl (C=O) groups excluding carboxylic acids is 1. The van der Waals surface area contributed by atoms with Gasteiger partial charge in [-0.05, 0) is 12.1 Å². The van der Waals surface area contributed by atoms with Crippen molar-refractivity contribution in [1.29, 1.82) is 0 Å². The van der Waals surface area contributed by atoms with Crippen LogP contribution in [0.4, 0.5) is 16.2 Å². The van der Waals surface area contributed by atoms with E-state index in [4.69, 9.17) is 10.9 Å². The van der Waals surface area contributed by atoms with E-state index in [1.807, 2.05) is 5.32 Å². The quantitative estimate of drug-likeness (QED) is 0.258. The fourth-order valence-corrected chi connectivity index (χ4v) is 1.15. The molecule has 0 bridgehead atoms. The standard InChI is InChI=1S/C8H8N4O5/c9-11-7(13)5-2-1-4(10-8(14)15)3-6(5)12(16)17/h1-3,10H,9H2,(H,11,13)(H,14,15). The lowest BCUT2D eigenvalue weighted by molar-refractivity contribution is -0.385. The van der Waals surface area contributed by atoms with Gasteiger partial charge in [-0.1, -0.05) is 0 Å². The lowest BCUT2D eigenvalue weighted by Crippen LogP contribution is -2.30. The summed E-state index contributed by atoms with van der Waals surface area (Å²) < 4.78 is 0. The number of benzene rings is 1. The van der Waals surface area contributed by atoms with E-state index in [1.165, 1.54) is 6.07 Å². The molecule has 0 aromatic heterocycles. The summed E-state index contributed by atoms with van der Waals surface area (Å²) in [5, 5.41) is 21.1. The summed E-state index contributed by atoms with van der Waals surface area (Å²) in [4.78, 5) is 31.4. The van der Waals surface area contributed by atoms with Crippen molar-refractivity contribution in [2.24, 2.45) is 5.84 Å². The van der Waals surface area contributed by atoms with Gasteiger partial charge in [0.15, 0.2) is 0 Å². The fraction of sp³-hybridized carbons (Fsp3) is 0. The number of rotatable bonds is 3. The molecule has 0 aliphatic rings. The van der Waals surface area contributed by atoms with Gasteiger partial charge in [0, 0.05) is 6.07 Å². The van der Waals surface area contributed by atoms with Gasteiger partial charge in [-0.2, -0.15) is 0 Å². The van der Waals surface area contributed by atoms with E-state index in [0.29, 0.717) is 0 Å². The molecule has 9 nitrogen and oxygen atoms in total. The molecule has 0 saturated carbocycles. The van der Waals surface area contributed by atoms with E-state index >= 15 is 0 Å². The van der Waals surface area contributed by atoms with E-state index in [-0.39, 0.29) is 11.3 Å². The van der Waals surface area contributed by atoms with E-state index in [9.17, 15) is 19.7 Å². The Morgan fingerprint density at radius 1 is 1.41 bits per heavy atom. The second kappa shape index (κ2) is 4.90. The molecule has 1 rings (SSSR count). The van der Waals surface area contributed by atoms with Crippen LogP contribution in [0.2, 0.25) is 0 Å². The minimum atomic E-state index is -1.37. The van der Waals surface area contributed by atoms with Crippen LogP contribution >= 0.6 is 0 Å². The van der Waals surface area contributed by atoms with Crippen molar-refractivity contribution in [2.45, 2.75) is 0 Å². The fourth-order valence-electron chi connectivity index (χ4n) is 1.15. The van der Waals surface area contributed by atoms with Crippen LogP contribution in [0.3, 0.4) is 0 Å². The summed E-state index contributed by atoms with van der Waals surface area (Å²) in [6, 6.07) is 3.25. The van der Waals surface area contributed by atoms with Crippen molar-refractivity contribution >= 4 is 23.4 Å². The summed E-state index contributed by atoms with van der Waals surface area (Å²) in [6.07, 6.45) is -1.37. The number of nitro groups is 1. The first kappa shape index (κ1) is 12.4. The maximum absolute atomic E-state index is 11.2. The lowest BCUT2D eigenvalue weighted by Gasteiger charge is -2.04. The molecule has 0 radical (unpaired) electrons. The zero-order valence-corrected chi connectivity index (χ0v) is 8.34. The minimum Gasteiger partial charge on any atom is -0.465 e. The average molecular weight is 240 g/mol. The Bertz CT molecular complexity index is 487. The number of hydrogen-bond donors (Lipinski definition) is 4. The molecule has 1 aromatic rings. The number of carbonyl (C=O) groups is 2. The number of anilines is 1. The molecule has 0 spiro atoms. The van der Waals surface area contributed by atoms with Crippen LogP contribution in [0, 0.1) is 10.1 Å². The molecule has 0 unspecified atom stereocenters. The number of nitrogens with zero attached hydrogens (tertiary/aromatic N) is 1. The second-order valence-electron chi connectivity index (χ2n) is 2.89. The second-order valence-corrected chi connectivity index (χ2v) is 2.89. The number of amides is 2. The van der Waals surface area contributed by atoms with E-state index < -0.39 is 22.6 Å².